The Morgan fingerprint density at radius 3 is 0.571 bits per heavy atom. The monoisotopic (exact) mass is 513 g/mol. The molecule has 7 heavy (non-hydrogen) atoms. The Balaban J connectivity index is 4.43. The summed E-state index contributed by atoms with van der Waals surface area (Å²) >= 11 is 0. The van der Waals surface area contributed by atoms with Crippen molar-refractivity contribution < 1.29 is 0 Å². The van der Waals surface area contributed by atoms with E-state index < -0.39 is 8.44 Å². The van der Waals surface area contributed by atoms with E-state index in [9.17, 15) is 0 Å². The summed E-state index contributed by atoms with van der Waals surface area (Å²) in [5.74, 6) is 0. The second kappa shape index (κ2) is 2.31. The third kappa shape index (κ3) is 39.2. The summed E-state index contributed by atoms with van der Waals surface area (Å²) in [6.45, 7) is 0. The summed E-state index contributed by atoms with van der Waals surface area (Å²) in [5.41, 5.74) is 0. The zero-order valence-corrected chi connectivity index (χ0v) is 14.7. The van der Waals surface area contributed by atoms with Crippen molar-refractivity contribution in [1.82, 2.24) is 0 Å². The van der Waals surface area contributed by atoms with Crippen molar-refractivity contribution in [2.45, 2.75) is 0 Å². The van der Waals surface area contributed by atoms with Crippen LogP contribution in [0.4, 0.5) is 0 Å². The Labute approximate surface area is 63.6 Å². The van der Waals surface area contributed by atoms with Crippen LogP contribution in [0.5, 0.6) is 0 Å². The van der Waals surface area contributed by atoms with Crippen LogP contribution in [0.3, 0.4) is 0 Å². The van der Waals surface area contributed by atoms with Gasteiger partial charge in [0.05, 0.1) is 0 Å². The van der Waals surface area contributed by atoms with E-state index in [4.69, 9.17) is 0 Å². The second-order valence-corrected chi connectivity index (χ2v) is 169. The van der Waals surface area contributed by atoms with Crippen LogP contribution >= 0.6 is 58.2 Å². The first-order valence-electron chi connectivity index (χ1n) is 1.60. The van der Waals surface area contributed by atoms with Gasteiger partial charge in [-0.05, 0) is 0 Å². The van der Waals surface area contributed by atoms with Gasteiger partial charge in [-0.25, -0.2) is 0 Å². The normalized spacial score (nSPS) is 18.0. The van der Waals surface area contributed by atoms with E-state index in [1.807, 2.05) is 0 Å². The Hall–Kier alpha value is 4.14. The molecule has 0 rings (SSSR count). The summed E-state index contributed by atoms with van der Waals surface area (Å²) in [6.07, 6.45) is 0. The van der Waals surface area contributed by atoms with Crippen LogP contribution < -0.4 is 0 Å². The van der Waals surface area contributed by atoms with Crippen LogP contribution in [0, 0.1) is 0 Å². The number of rotatable bonds is 0. The van der Waals surface area contributed by atoms with Crippen molar-refractivity contribution >= 4 is 66.6 Å². The van der Waals surface area contributed by atoms with Gasteiger partial charge in [0.1, 0.15) is 0 Å². The molecule has 0 saturated heterocycles. The first-order chi connectivity index (χ1) is 2.45. The molecule has 0 N–H and O–H groups in total. The molecular formula is Br6Ca. The summed E-state index contributed by atoms with van der Waals surface area (Å²) in [5, 5.41) is 0. The molecule has 0 bridgehead atoms. The van der Waals surface area contributed by atoms with E-state index in [0.29, 0.717) is 0 Å². The van der Waals surface area contributed by atoms with Gasteiger partial charge in [-0.3, -0.25) is 0 Å². The SMILES string of the molecule is [Br][Ca]([Br])([Br])([Br])([Br])[Br]. The molecule has 0 heterocycles. The van der Waals surface area contributed by atoms with E-state index >= 15 is 0 Å². The molecule has 0 aromatic carbocycles. The van der Waals surface area contributed by atoms with Crippen LogP contribution in [-0.2, 0) is 0 Å². The summed E-state index contributed by atoms with van der Waals surface area (Å²) < 4.78 is 0. The van der Waals surface area contributed by atoms with Crippen molar-refractivity contribution in [3.63, 3.8) is 0 Å². The molecule has 0 aromatic rings. The standard InChI is InChI=1S/6BrH.Ca/h6*1H;/q;;;;;;+6/p-6. The fraction of sp³-hybridized carbons (Fsp3) is 0. The molecular weight excluding hydrogens is 520 g/mol. The Bertz CT molecular complexity index is 62.7. The molecule has 0 fully saturated rings. The van der Waals surface area contributed by atoms with Crippen molar-refractivity contribution in [2.24, 2.45) is 0 Å². The van der Waals surface area contributed by atoms with Crippen molar-refractivity contribution in [2.75, 3.05) is 0 Å². The molecule has 0 atom stereocenters. The van der Waals surface area contributed by atoms with Gasteiger partial charge < -0.3 is 0 Å². The van der Waals surface area contributed by atoms with Gasteiger partial charge in [0.15, 0.2) is 0 Å². The van der Waals surface area contributed by atoms with E-state index in [2.05, 4.69) is 58.2 Å². The fourth-order valence-corrected chi connectivity index (χ4v) is 0. The molecule has 0 unspecified atom stereocenters. The number of halogens is 6. The second-order valence-electron chi connectivity index (χ2n) is 1.52. The van der Waals surface area contributed by atoms with Crippen LogP contribution in [0.1, 0.15) is 0 Å². The third-order valence-electron chi connectivity index (χ3n) is 0. The molecule has 44 valence electrons. The average molecular weight is 520 g/mol. The molecule has 7 heteroatoms. The molecule has 0 aliphatic carbocycles. The van der Waals surface area contributed by atoms with Gasteiger partial charge in [0, 0.05) is 0 Å². The van der Waals surface area contributed by atoms with Gasteiger partial charge in [-0.2, -0.15) is 0 Å². The molecule has 0 saturated carbocycles. The first kappa shape index (κ1) is 11.1. The average Bonchev–Trinajstić information content (AvgIpc) is 0.592. The molecule has 0 amide bonds. The quantitative estimate of drug-likeness (QED) is 0.408. The van der Waals surface area contributed by atoms with Gasteiger partial charge in [-0.15, -0.1) is 0 Å². The summed E-state index contributed by atoms with van der Waals surface area (Å²) in [6, 6.07) is 0. The minimum atomic E-state index is -3.50. The number of hydrogen-bond acceptors (Lipinski definition) is 0. The molecule has 0 spiro atoms. The van der Waals surface area contributed by atoms with Crippen LogP contribution in [0.2, 0.25) is 0 Å². The maximum absolute atomic E-state index is 3.50. The molecule has 0 aromatic heterocycles. The first-order valence-corrected chi connectivity index (χ1v) is 34.4. The maximum atomic E-state index is 3.38. The van der Waals surface area contributed by atoms with Gasteiger partial charge >= 0.3 is 66.6 Å². The summed E-state index contributed by atoms with van der Waals surface area (Å²) in [4.78, 5) is 0. The predicted molar refractivity (Wildman–Crippen MR) is 59.3 cm³/mol. The topological polar surface area (TPSA) is 0 Å². The predicted octanol–water partition coefficient (Wildman–Crippen LogP) is 4.69. The zero-order chi connectivity index (χ0) is 6.41. The van der Waals surface area contributed by atoms with Crippen molar-refractivity contribution in [3.05, 3.63) is 0 Å². The van der Waals surface area contributed by atoms with Crippen molar-refractivity contribution in [3.8, 4) is 0 Å². The van der Waals surface area contributed by atoms with Gasteiger partial charge in [0.25, 0.3) is 0 Å². The number of hydrogen-bond donors (Lipinski definition) is 0. The van der Waals surface area contributed by atoms with E-state index in [1.165, 1.54) is 0 Å². The van der Waals surface area contributed by atoms with E-state index in [-0.39, 0.29) is 0 Å². The minimum absolute atomic E-state index is 3.38. The third-order valence-corrected chi connectivity index (χ3v) is 0. The Kier molecular flexibility index (Phi) is 3.68. The van der Waals surface area contributed by atoms with Crippen molar-refractivity contribution in [1.29, 1.82) is 0 Å². The zero-order valence-electron chi connectivity index (χ0n) is 2.97. The molecule has 0 radical (unpaired) electrons. The Morgan fingerprint density at radius 1 is 0.571 bits per heavy atom. The molecule has 0 aliphatic rings. The van der Waals surface area contributed by atoms with Crippen LogP contribution in [0.15, 0.2) is 0 Å². The Morgan fingerprint density at radius 2 is 0.571 bits per heavy atom. The van der Waals surface area contributed by atoms with E-state index in [1.54, 1.807) is 0 Å². The molecule has 0 nitrogen and oxygen atoms in total. The van der Waals surface area contributed by atoms with Gasteiger partial charge in [-0.1, -0.05) is 0 Å². The molecule has 0 aliphatic heterocycles. The van der Waals surface area contributed by atoms with E-state index in [0.717, 1.165) is 0 Å². The summed E-state index contributed by atoms with van der Waals surface area (Å²) in [7, 11) is 16.8. The van der Waals surface area contributed by atoms with Gasteiger partial charge in [0.2, 0.25) is 0 Å². The fourth-order valence-electron chi connectivity index (χ4n) is 0. The van der Waals surface area contributed by atoms with Crippen LogP contribution in [0.25, 0.3) is 0 Å². The van der Waals surface area contributed by atoms with Crippen LogP contribution in [-0.4, -0.2) is 8.44 Å².